The van der Waals surface area contributed by atoms with Gasteiger partial charge < -0.3 is 14.9 Å². The Labute approximate surface area is 89.4 Å². The number of esters is 1. The summed E-state index contributed by atoms with van der Waals surface area (Å²) >= 11 is 0. The van der Waals surface area contributed by atoms with Gasteiger partial charge in [0.05, 0.1) is 6.26 Å². The van der Waals surface area contributed by atoms with Gasteiger partial charge in [0.1, 0.15) is 17.4 Å². The lowest BCUT2D eigenvalue weighted by Gasteiger charge is -2.21. The third-order valence-corrected chi connectivity index (χ3v) is 1.71. The minimum absolute atomic E-state index is 0.363. The summed E-state index contributed by atoms with van der Waals surface area (Å²) in [6.45, 7) is 5.43. The highest BCUT2D eigenvalue weighted by atomic mass is 16.6. The van der Waals surface area contributed by atoms with Gasteiger partial charge in [-0.2, -0.15) is 0 Å². The normalized spacial score (nSPS) is 13.6. The zero-order valence-corrected chi connectivity index (χ0v) is 9.32. The van der Waals surface area contributed by atoms with Crippen LogP contribution in [0.3, 0.4) is 0 Å². The van der Waals surface area contributed by atoms with Crippen molar-refractivity contribution in [1.82, 2.24) is 0 Å². The van der Waals surface area contributed by atoms with Crippen molar-refractivity contribution in [3.05, 3.63) is 24.2 Å². The number of furan rings is 1. The van der Waals surface area contributed by atoms with Crippen LogP contribution in [-0.2, 0) is 16.0 Å². The number of nitrogens with two attached hydrogens (primary N) is 1. The molecule has 0 saturated carbocycles. The van der Waals surface area contributed by atoms with Crippen LogP contribution in [0.5, 0.6) is 0 Å². The number of rotatable bonds is 3. The molecule has 1 aromatic heterocycles. The first-order chi connectivity index (χ1) is 6.88. The fourth-order valence-corrected chi connectivity index (χ4v) is 1.11. The molecule has 1 unspecified atom stereocenters. The third kappa shape index (κ3) is 4.16. The summed E-state index contributed by atoms with van der Waals surface area (Å²) in [5.74, 6) is 0.284. The maximum atomic E-state index is 11.5. The van der Waals surface area contributed by atoms with Gasteiger partial charge in [0.25, 0.3) is 0 Å². The molecule has 0 aromatic carbocycles. The van der Waals surface area contributed by atoms with Crippen LogP contribution in [0.25, 0.3) is 0 Å². The van der Waals surface area contributed by atoms with E-state index in [2.05, 4.69) is 0 Å². The summed E-state index contributed by atoms with van der Waals surface area (Å²) in [7, 11) is 0. The molecule has 15 heavy (non-hydrogen) atoms. The van der Waals surface area contributed by atoms with Crippen molar-refractivity contribution in [1.29, 1.82) is 0 Å². The molecule has 1 heterocycles. The molecule has 4 nitrogen and oxygen atoms in total. The molecule has 2 N–H and O–H groups in total. The van der Waals surface area contributed by atoms with Gasteiger partial charge in [-0.3, -0.25) is 4.79 Å². The highest BCUT2D eigenvalue weighted by Crippen LogP contribution is 2.10. The van der Waals surface area contributed by atoms with Crippen molar-refractivity contribution in [2.24, 2.45) is 5.73 Å². The van der Waals surface area contributed by atoms with E-state index in [4.69, 9.17) is 14.9 Å². The van der Waals surface area contributed by atoms with E-state index in [0.29, 0.717) is 12.2 Å². The Morgan fingerprint density at radius 3 is 2.73 bits per heavy atom. The van der Waals surface area contributed by atoms with Crippen LogP contribution in [0.1, 0.15) is 26.5 Å². The molecule has 0 saturated heterocycles. The van der Waals surface area contributed by atoms with Crippen LogP contribution in [-0.4, -0.2) is 17.6 Å². The predicted octanol–water partition coefficient (Wildman–Crippen LogP) is 1.49. The molecular weight excluding hydrogens is 194 g/mol. The van der Waals surface area contributed by atoms with Crippen molar-refractivity contribution in [2.45, 2.75) is 38.8 Å². The summed E-state index contributed by atoms with van der Waals surface area (Å²) in [6, 6.07) is 2.87. The standard InChI is InChI=1S/C11H17NO3/c1-11(2,3)15-10(13)9(12)7-8-5-4-6-14-8/h4-6,9H,7,12H2,1-3H3. The fraction of sp³-hybridized carbons (Fsp3) is 0.545. The largest absolute Gasteiger partial charge is 0.469 e. The molecule has 0 radical (unpaired) electrons. The van der Waals surface area contributed by atoms with Crippen molar-refractivity contribution >= 4 is 5.97 Å². The zero-order valence-electron chi connectivity index (χ0n) is 9.32. The van der Waals surface area contributed by atoms with Gasteiger partial charge in [-0.25, -0.2) is 0 Å². The summed E-state index contributed by atoms with van der Waals surface area (Å²) in [5, 5.41) is 0. The van der Waals surface area contributed by atoms with Crippen molar-refractivity contribution in [3.63, 3.8) is 0 Å². The highest BCUT2D eigenvalue weighted by Gasteiger charge is 2.22. The van der Waals surface area contributed by atoms with Gasteiger partial charge in [0.15, 0.2) is 0 Å². The Morgan fingerprint density at radius 2 is 2.27 bits per heavy atom. The first-order valence-corrected chi connectivity index (χ1v) is 4.89. The number of carbonyl (C=O) groups is 1. The van der Waals surface area contributed by atoms with Gasteiger partial charge in [-0.05, 0) is 32.9 Å². The van der Waals surface area contributed by atoms with Crippen LogP contribution < -0.4 is 5.73 Å². The fourth-order valence-electron chi connectivity index (χ4n) is 1.11. The molecule has 1 atom stereocenters. The Balaban J connectivity index is 2.47. The van der Waals surface area contributed by atoms with E-state index in [1.54, 1.807) is 18.4 Å². The molecule has 0 aliphatic carbocycles. The van der Waals surface area contributed by atoms with Gasteiger partial charge in [-0.1, -0.05) is 0 Å². The average Bonchev–Trinajstić information content (AvgIpc) is 2.53. The van der Waals surface area contributed by atoms with E-state index < -0.39 is 17.6 Å². The number of ether oxygens (including phenoxy) is 1. The molecule has 1 rings (SSSR count). The van der Waals surface area contributed by atoms with Crippen molar-refractivity contribution < 1.29 is 13.9 Å². The molecule has 0 aliphatic heterocycles. The maximum Gasteiger partial charge on any atom is 0.323 e. The lowest BCUT2D eigenvalue weighted by molar-refractivity contribution is -0.156. The molecule has 84 valence electrons. The SMILES string of the molecule is CC(C)(C)OC(=O)C(N)Cc1ccco1. The quantitative estimate of drug-likeness (QED) is 0.769. The minimum Gasteiger partial charge on any atom is -0.469 e. The Kier molecular flexibility index (Phi) is 3.52. The lowest BCUT2D eigenvalue weighted by Crippen LogP contribution is -2.38. The second kappa shape index (κ2) is 4.49. The third-order valence-electron chi connectivity index (χ3n) is 1.71. The van der Waals surface area contributed by atoms with Crippen LogP contribution in [0, 0.1) is 0 Å². The van der Waals surface area contributed by atoms with Crippen LogP contribution >= 0.6 is 0 Å². The van der Waals surface area contributed by atoms with Crippen molar-refractivity contribution in [3.8, 4) is 0 Å². The smallest absolute Gasteiger partial charge is 0.323 e. The number of hydrogen-bond acceptors (Lipinski definition) is 4. The van der Waals surface area contributed by atoms with Gasteiger partial charge in [0, 0.05) is 6.42 Å². The monoisotopic (exact) mass is 211 g/mol. The molecule has 4 heteroatoms. The van der Waals surface area contributed by atoms with Crippen LogP contribution in [0.4, 0.5) is 0 Å². The number of hydrogen-bond donors (Lipinski definition) is 1. The minimum atomic E-state index is -0.671. The van der Waals surface area contributed by atoms with E-state index >= 15 is 0 Å². The summed E-state index contributed by atoms with van der Waals surface area (Å²) in [6.07, 6.45) is 1.92. The number of carbonyl (C=O) groups excluding carboxylic acids is 1. The van der Waals surface area contributed by atoms with Crippen LogP contribution in [0.2, 0.25) is 0 Å². The summed E-state index contributed by atoms with van der Waals surface area (Å²) in [4.78, 5) is 11.5. The summed E-state index contributed by atoms with van der Waals surface area (Å²) < 4.78 is 10.2. The summed E-state index contributed by atoms with van der Waals surface area (Å²) in [5.41, 5.74) is 5.18. The van der Waals surface area contributed by atoms with Gasteiger partial charge >= 0.3 is 5.97 Å². The first kappa shape index (κ1) is 11.8. The van der Waals surface area contributed by atoms with Gasteiger partial charge in [-0.15, -0.1) is 0 Å². The zero-order chi connectivity index (χ0) is 11.5. The molecule has 0 fully saturated rings. The first-order valence-electron chi connectivity index (χ1n) is 4.89. The van der Waals surface area contributed by atoms with Crippen LogP contribution in [0.15, 0.2) is 22.8 Å². The Bertz CT molecular complexity index is 311. The Hall–Kier alpha value is -1.29. The molecule has 0 bridgehead atoms. The van der Waals surface area contributed by atoms with Gasteiger partial charge in [0.2, 0.25) is 0 Å². The maximum absolute atomic E-state index is 11.5. The average molecular weight is 211 g/mol. The predicted molar refractivity (Wildman–Crippen MR) is 56.2 cm³/mol. The molecule has 0 spiro atoms. The van der Waals surface area contributed by atoms with E-state index in [1.165, 1.54) is 0 Å². The highest BCUT2D eigenvalue weighted by molar-refractivity contribution is 5.76. The van der Waals surface area contributed by atoms with E-state index in [9.17, 15) is 4.79 Å². The molecule has 1 aromatic rings. The van der Waals surface area contributed by atoms with E-state index in [0.717, 1.165) is 0 Å². The second-order valence-electron chi connectivity index (χ2n) is 4.42. The Morgan fingerprint density at radius 1 is 1.60 bits per heavy atom. The lowest BCUT2D eigenvalue weighted by atomic mass is 10.1. The van der Waals surface area contributed by atoms with Crippen molar-refractivity contribution in [2.75, 3.05) is 0 Å². The molecular formula is C11H17NO3. The topological polar surface area (TPSA) is 65.5 Å². The molecule has 0 aliphatic rings. The van der Waals surface area contributed by atoms with E-state index in [-0.39, 0.29) is 0 Å². The molecule has 0 amide bonds. The second-order valence-corrected chi connectivity index (χ2v) is 4.42. The van der Waals surface area contributed by atoms with E-state index in [1.807, 2.05) is 20.8 Å².